The van der Waals surface area contributed by atoms with E-state index in [9.17, 15) is 0 Å². The fraction of sp³-hybridized carbons (Fsp3) is 0.600. The molecule has 0 heterocycles. The average Bonchev–Trinajstić information content (AvgIpc) is 2.50. The van der Waals surface area contributed by atoms with Crippen molar-refractivity contribution < 1.29 is 51.3 Å². The molecule has 0 aromatic heterocycles. The van der Waals surface area contributed by atoms with Gasteiger partial charge in [0.05, 0.1) is 0 Å². The van der Waals surface area contributed by atoms with Gasteiger partial charge >= 0.3 is 21.7 Å². The van der Waals surface area contributed by atoms with Crippen molar-refractivity contribution in [2.75, 3.05) is 13.2 Å². The molecule has 14 heavy (non-hydrogen) atoms. The average molecular weight is 270 g/mol. The van der Waals surface area contributed by atoms with Gasteiger partial charge in [-0.25, -0.2) is 6.08 Å². The second kappa shape index (κ2) is 13.7. The standard InChI is InChI=1S/C10H15O.2ClH.Ti/c1-2-3-8-11-9-10-6-4-5-7-10;;;/h4,6H,2-3,5,8-9H2,1H3;2*1H;/q-1;;;+3/p-2. The van der Waals surface area contributed by atoms with Crippen molar-refractivity contribution in [3.8, 4) is 0 Å². The van der Waals surface area contributed by atoms with E-state index in [1.54, 1.807) is 0 Å². The van der Waals surface area contributed by atoms with Crippen LogP contribution in [-0.4, -0.2) is 13.2 Å². The van der Waals surface area contributed by atoms with Crippen molar-refractivity contribution in [3.63, 3.8) is 0 Å². The van der Waals surface area contributed by atoms with Gasteiger partial charge < -0.3 is 29.6 Å². The summed E-state index contributed by atoms with van der Waals surface area (Å²) in [6.45, 7) is 3.80. The Kier molecular flexibility index (Phi) is 19.8. The molecule has 0 saturated carbocycles. The molecule has 0 N–H and O–H groups in total. The summed E-state index contributed by atoms with van der Waals surface area (Å²) in [4.78, 5) is 0. The Balaban J connectivity index is -0.000000403. The predicted octanol–water partition coefficient (Wildman–Crippen LogP) is -3.50. The summed E-state index contributed by atoms with van der Waals surface area (Å²) in [5.41, 5.74) is 1.21. The molecule has 0 unspecified atom stereocenters. The van der Waals surface area contributed by atoms with Crippen LogP contribution >= 0.6 is 0 Å². The molecule has 0 bridgehead atoms. The van der Waals surface area contributed by atoms with Gasteiger partial charge in [0.25, 0.3) is 0 Å². The molecule has 1 aliphatic carbocycles. The van der Waals surface area contributed by atoms with E-state index in [0.29, 0.717) is 0 Å². The van der Waals surface area contributed by atoms with Crippen LogP contribution in [0.2, 0.25) is 0 Å². The smallest absolute Gasteiger partial charge is 1.00 e. The fourth-order valence-electron chi connectivity index (χ4n) is 0.978. The molecule has 0 spiro atoms. The van der Waals surface area contributed by atoms with E-state index in [0.717, 1.165) is 26.1 Å². The molecule has 1 nitrogen and oxygen atoms in total. The molecule has 79 valence electrons. The van der Waals surface area contributed by atoms with E-state index in [4.69, 9.17) is 4.74 Å². The number of hydrogen-bond acceptors (Lipinski definition) is 1. The Bertz CT molecular complexity index is 170. The van der Waals surface area contributed by atoms with E-state index >= 15 is 0 Å². The second-order valence-electron chi connectivity index (χ2n) is 2.71. The van der Waals surface area contributed by atoms with Gasteiger partial charge in [-0.05, 0) is 6.42 Å². The van der Waals surface area contributed by atoms with Gasteiger partial charge in [0.1, 0.15) is 0 Å². The topological polar surface area (TPSA) is 9.23 Å². The molecule has 0 aromatic rings. The number of unbranched alkanes of at least 4 members (excludes halogenated alkanes) is 1. The molecule has 1 rings (SSSR count). The molecular formula is C10H15Cl2OTi. The molecule has 0 amide bonds. The number of halogens is 2. The molecule has 0 saturated heterocycles. The van der Waals surface area contributed by atoms with Gasteiger partial charge in [-0.1, -0.05) is 13.3 Å². The number of hydrogen-bond donors (Lipinski definition) is 0. The van der Waals surface area contributed by atoms with Crippen molar-refractivity contribution in [3.05, 3.63) is 23.8 Å². The maximum absolute atomic E-state index is 5.41. The Labute approximate surface area is 114 Å². The van der Waals surface area contributed by atoms with Crippen LogP contribution < -0.4 is 24.8 Å². The minimum atomic E-state index is 0. The third kappa shape index (κ3) is 9.30. The van der Waals surface area contributed by atoms with Crippen LogP contribution in [0.25, 0.3) is 0 Å². The van der Waals surface area contributed by atoms with Gasteiger partial charge in [0.2, 0.25) is 0 Å². The third-order valence-corrected chi connectivity index (χ3v) is 1.67. The summed E-state index contributed by atoms with van der Waals surface area (Å²) >= 11 is 0. The first-order valence-electron chi connectivity index (χ1n) is 4.27. The van der Waals surface area contributed by atoms with Gasteiger partial charge in [0, 0.05) is 13.2 Å². The van der Waals surface area contributed by atoms with Gasteiger partial charge in [0.15, 0.2) is 0 Å². The van der Waals surface area contributed by atoms with Crippen molar-refractivity contribution in [1.82, 2.24) is 0 Å². The van der Waals surface area contributed by atoms with E-state index in [2.05, 4.69) is 25.2 Å². The number of ether oxygens (including phenoxy) is 1. The van der Waals surface area contributed by atoms with Gasteiger partial charge in [-0.15, -0.1) is 6.42 Å². The monoisotopic (exact) mass is 269 g/mol. The van der Waals surface area contributed by atoms with Crippen LogP contribution in [-0.2, 0) is 26.5 Å². The Morgan fingerprint density at radius 1 is 1.43 bits per heavy atom. The molecule has 0 aromatic carbocycles. The van der Waals surface area contributed by atoms with Crippen LogP contribution in [0.3, 0.4) is 0 Å². The van der Waals surface area contributed by atoms with Crippen LogP contribution in [0, 0.1) is 6.08 Å². The molecular weight excluding hydrogens is 255 g/mol. The van der Waals surface area contributed by atoms with Crippen LogP contribution in [0.5, 0.6) is 0 Å². The van der Waals surface area contributed by atoms with Crippen LogP contribution in [0.4, 0.5) is 0 Å². The first-order chi connectivity index (χ1) is 5.43. The maximum Gasteiger partial charge on any atom is 3.00 e. The zero-order valence-corrected chi connectivity index (χ0v) is 11.4. The van der Waals surface area contributed by atoms with Crippen molar-refractivity contribution in [2.24, 2.45) is 0 Å². The summed E-state index contributed by atoms with van der Waals surface area (Å²) in [5, 5.41) is 0. The van der Waals surface area contributed by atoms with Crippen molar-refractivity contribution >= 4 is 0 Å². The van der Waals surface area contributed by atoms with E-state index in [-0.39, 0.29) is 46.5 Å². The summed E-state index contributed by atoms with van der Waals surface area (Å²) in [5.74, 6) is 0. The Morgan fingerprint density at radius 3 is 2.64 bits per heavy atom. The minimum Gasteiger partial charge on any atom is -1.00 e. The Hall–Kier alpha value is 0.734. The van der Waals surface area contributed by atoms with Crippen LogP contribution in [0.15, 0.2) is 17.7 Å². The van der Waals surface area contributed by atoms with E-state index < -0.39 is 0 Å². The fourth-order valence-corrected chi connectivity index (χ4v) is 0.978. The molecule has 0 fully saturated rings. The summed E-state index contributed by atoms with van der Waals surface area (Å²) in [6.07, 6.45) is 10.7. The quantitative estimate of drug-likeness (QED) is 0.286. The molecule has 1 aliphatic rings. The summed E-state index contributed by atoms with van der Waals surface area (Å²) in [6, 6.07) is 0. The maximum atomic E-state index is 5.41. The summed E-state index contributed by atoms with van der Waals surface area (Å²) in [7, 11) is 0. The Morgan fingerprint density at radius 2 is 2.14 bits per heavy atom. The minimum absolute atomic E-state index is 0. The first kappa shape index (κ1) is 20.2. The number of allylic oxidation sites excluding steroid dienone is 2. The second-order valence-corrected chi connectivity index (χ2v) is 2.71. The molecule has 0 aliphatic heterocycles. The van der Waals surface area contributed by atoms with E-state index in [1.807, 2.05) is 0 Å². The number of rotatable bonds is 5. The van der Waals surface area contributed by atoms with Gasteiger partial charge in [-0.2, -0.15) is 11.6 Å². The SMILES string of the molecule is CCCCOCC1=[C-]CC=C1.[Cl-].[Cl-].[Ti+3]. The zero-order valence-electron chi connectivity index (χ0n) is 8.35. The summed E-state index contributed by atoms with van der Waals surface area (Å²) < 4.78 is 5.41. The molecule has 1 radical (unpaired) electrons. The van der Waals surface area contributed by atoms with Crippen molar-refractivity contribution in [2.45, 2.75) is 26.2 Å². The first-order valence-corrected chi connectivity index (χ1v) is 4.27. The largest absolute Gasteiger partial charge is 3.00 e. The van der Waals surface area contributed by atoms with Gasteiger partial charge in [-0.3, -0.25) is 6.08 Å². The zero-order chi connectivity index (χ0) is 7.94. The third-order valence-electron chi connectivity index (χ3n) is 1.67. The molecule has 4 heteroatoms. The van der Waals surface area contributed by atoms with E-state index in [1.165, 1.54) is 12.0 Å². The van der Waals surface area contributed by atoms with Crippen LogP contribution in [0.1, 0.15) is 26.2 Å². The normalized spacial score (nSPS) is 12.2. The van der Waals surface area contributed by atoms with Crippen molar-refractivity contribution in [1.29, 1.82) is 0 Å². The predicted molar refractivity (Wildman–Crippen MR) is 46.2 cm³/mol. The molecule has 0 atom stereocenters.